The van der Waals surface area contributed by atoms with Crippen LogP contribution in [0.25, 0.3) is 0 Å². The van der Waals surface area contributed by atoms with Gasteiger partial charge >= 0.3 is 0 Å². The molecule has 0 saturated carbocycles. The van der Waals surface area contributed by atoms with E-state index in [4.69, 9.17) is 9.47 Å². The van der Waals surface area contributed by atoms with Crippen LogP contribution in [0.3, 0.4) is 0 Å². The number of aryl methyl sites for hydroxylation is 1. The zero-order chi connectivity index (χ0) is 16.5. The summed E-state index contributed by atoms with van der Waals surface area (Å²) in [6.45, 7) is 5.41. The van der Waals surface area contributed by atoms with Gasteiger partial charge in [0.05, 0.1) is 19.1 Å². The number of hydrogen-bond donors (Lipinski definition) is 1. The molecule has 0 amide bonds. The van der Waals surface area contributed by atoms with Crippen LogP contribution in [0.2, 0.25) is 0 Å². The second kappa shape index (κ2) is 6.44. The zero-order valence-electron chi connectivity index (χ0n) is 13.7. The Kier molecular flexibility index (Phi) is 4.99. The minimum atomic E-state index is -3.60. The molecular formula is C15H24N2O4S. The first-order valence-electron chi connectivity index (χ1n) is 7.22. The highest BCUT2D eigenvalue weighted by Gasteiger charge is 2.32. The molecule has 1 N–H and O–H groups in total. The molecule has 0 unspecified atom stereocenters. The summed E-state index contributed by atoms with van der Waals surface area (Å²) in [6.07, 6.45) is 0. The average molecular weight is 328 g/mol. The van der Waals surface area contributed by atoms with Gasteiger partial charge in [-0.3, -0.25) is 0 Å². The lowest BCUT2D eigenvalue weighted by Gasteiger charge is -2.19. The van der Waals surface area contributed by atoms with Gasteiger partial charge in [-0.15, -0.1) is 0 Å². The Hall–Kier alpha value is -1.31. The van der Waals surface area contributed by atoms with Crippen LogP contribution < -0.4 is 14.2 Å². The molecule has 2 rings (SSSR count). The third-order valence-corrected chi connectivity index (χ3v) is 5.70. The first-order valence-corrected chi connectivity index (χ1v) is 8.70. The van der Waals surface area contributed by atoms with Crippen LogP contribution >= 0.6 is 0 Å². The van der Waals surface area contributed by atoms with Gasteiger partial charge in [0.15, 0.2) is 11.5 Å². The van der Waals surface area contributed by atoms with Crippen molar-refractivity contribution < 1.29 is 17.9 Å². The lowest BCUT2D eigenvalue weighted by molar-refractivity contribution is 0.353. The van der Waals surface area contributed by atoms with Crippen molar-refractivity contribution in [2.24, 2.45) is 5.92 Å². The first-order chi connectivity index (χ1) is 10.3. The molecule has 0 bridgehead atoms. The lowest BCUT2D eigenvalue weighted by Crippen LogP contribution is -2.39. The summed E-state index contributed by atoms with van der Waals surface area (Å²) in [7, 11) is 1.41. The van der Waals surface area contributed by atoms with Gasteiger partial charge in [-0.1, -0.05) is 6.92 Å². The SMILES string of the molecule is COc1cc(C)c(S(=O)(=O)N[C@H]2CN(C)C[C@H]2C)cc1OC. The van der Waals surface area contributed by atoms with E-state index in [1.807, 2.05) is 7.05 Å². The number of nitrogens with one attached hydrogen (secondary N) is 1. The molecule has 6 nitrogen and oxygen atoms in total. The molecule has 1 aromatic rings. The van der Waals surface area contributed by atoms with Crippen LogP contribution in [0.5, 0.6) is 11.5 Å². The van der Waals surface area contributed by atoms with Crippen molar-refractivity contribution in [3.63, 3.8) is 0 Å². The highest BCUT2D eigenvalue weighted by atomic mass is 32.2. The minimum absolute atomic E-state index is 0.0810. The van der Waals surface area contributed by atoms with Crippen molar-refractivity contribution in [1.29, 1.82) is 0 Å². The number of benzene rings is 1. The van der Waals surface area contributed by atoms with Gasteiger partial charge in [0.25, 0.3) is 0 Å². The number of ether oxygens (including phenoxy) is 2. The maximum absolute atomic E-state index is 12.7. The molecule has 22 heavy (non-hydrogen) atoms. The van der Waals surface area contributed by atoms with Crippen LogP contribution in [0.15, 0.2) is 17.0 Å². The largest absolute Gasteiger partial charge is 0.493 e. The van der Waals surface area contributed by atoms with E-state index >= 15 is 0 Å². The number of likely N-dealkylation sites (tertiary alicyclic amines) is 1. The molecule has 1 heterocycles. The van der Waals surface area contributed by atoms with Crippen molar-refractivity contribution in [3.8, 4) is 11.5 Å². The van der Waals surface area contributed by atoms with Crippen LogP contribution in [0.1, 0.15) is 12.5 Å². The number of sulfonamides is 1. The van der Waals surface area contributed by atoms with Crippen molar-refractivity contribution in [2.45, 2.75) is 24.8 Å². The maximum Gasteiger partial charge on any atom is 0.241 e. The molecule has 1 aromatic carbocycles. The molecule has 1 aliphatic rings. The van der Waals surface area contributed by atoms with Crippen molar-refractivity contribution in [1.82, 2.24) is 9.62 Å². The van der Waals surface area contributed by atoms with E-state index in [0.29, 0.717) is 23.6 Å². The fraction of sp³-hybridized carbons (Fsp3) is 0.600. The third kappa shape index (κ3) is 3.37. The number of hydrogen-bond acceptors (Lipinski definition) is 5. The maximum atomic E-state index is 12.7. The average Bonchev–Trinajstić information content (AvgIpc) is 2.75. The summed E-state index contributed by atoms with van der Waals surface area (Å²) in [6, 6.07) is 3.11. The van der Waals surface area contributed by atoms with E-state index in [9.17, 15) is 8.42 Å². The van der Waals surface area contributed by atoms with Crippen LogP contribution in [-0.4, -0.2) is 53.7 Å². The predicted molar refractivity (Wildman–Crippen MR) is 85.1 cm³/mol. The summed E-state index contributed by atoms with van der Waals surface area (Å²) >= 11 is 0. The smallest absolute Gasteiger partial charge is 0.241 e. The molecular weight excluding hydrogens is 304 g/mol. The Labute approximate surface area is 132 Å². The van der Waals surface area contributed by atoms with E-state index in [1.54, 1.807) is 13.0 Å². The topological polar surface area (TPSA) is 67.9 Å². The van der Waals surface area contributed by atoms with Gasteiger partial charge in [0.1, 0.15) is 0 Å². The zero-order valence-corrected chi connectivity index (χ0v) is 14.5. The number of nitrogens with zero attached hydrogens (tertiary/aromatic N) is 1. The van der Waals surface area contributed by atoms with Crippen LogP contribution in [0.4, 0.5) is 0 Å². The van der Waals surface area contributed by atoms with Crippen molar-refractivity contribution in [2.75, 3.05) is 34.4 Å². The summed E-state index contributed by atoms with van der Waals surface area (Å²) in [5, 5.41) is 0. The number of rotatable bonds is 5. The van der Waals surface area contributed by atoms with Gasteiger partial charge in [0.2, 0.25) is 10.0 Å². The Bertz CT molecular complexity index is 645. The van der Waals surface area contributed by atoms with Gasteiger partial charge in [-0.25, -0.2) is 13.1 Å². The summed E-state index contributed by atoms with van der Waals surface area (Å²) < 4.78 is 38.6. The Morgan fingerprint density at radius 3 is 2.27 bits per heavy atom. The summed E-state index contributed by atoms with van der Waals surface area (Å²) in [5.41, 5.74) is 0.629. The molecule has 0 aliphatic carbocycles. The predicted octanol–water partition coefficient (Wildman–Crippen LogP) is 1.24. The Morgan fingerprint density at radius 2 is 1.77 bits per heavy atom. The minimum Gasteiger partial charge on any atom is -0.493 e. The van der Waals surface area contributed by atoms with Crippen molar-refractivity contribution in [3.05, 3.63) is 17.7 Å². The first kappa shape index (κ1) is 17.1. The van der Waals surface area contributed by atoms with E-state index in [1.165, 1.54) is 20.3 Å². The molecule has 7 heteroatoms. The number of methoxy groups -OCH3 is 2. The van der Waals surface area contributed by atoms with Gasteiger partial charge in [-0.2, -0.15) is 0 Å². The van der Waals surface area contributed by atoms with E-state index in [0.717, 1.165) is 6.54 Å². The second-order valence-corrected chi connectivity index (χ2v) is 7.58. The fourth-order valence-corrected chi connectivity index (χ4v) is 4.45. The van der Waals surface area contributed by atoms with Crippen LogP contribution in [0, 0.1) is 12.8 Å². The highest BCUT2D eigenvalue weighted by molar-refractivity contribution is 7.89. The molecule has 1 aliphatic heterocycles. The number of likely N-dealkylation sites (N-methyl/N-ethyl adjacent to an activating group) is 1. The Morgan fingerprint density at radius 1 is 1.18 bits per heavy atom. The fourth-order valence-electron chi connectivity index (χ4n) is 2.88. The van der Waals surface area contributed by atoms with Gasteiger partial charge in [0, 0.05) is 25.2 Å². The van der Waals surface area contributed by atoms with Crippen molar-refractivity contribution >= 4 is 10.0 Å². The van der Waals surface area contributed by atoms with Gasteiger partial charge in [-0.05, 0) is 31.5 Å². The monoisotopic (exact) mass is 328 g/mol. The van der Waals surface area contributed by atoms with Gasteiger partial charge < -0.3 is 14.4 Å². The second-order valence-electron chi connectivity index (χ2n) is 5.90. The lowest BCUT2D eigenvalue weighted by atomic mass is 10.1. The summed E-state index contributed by atoms with van der Waals surface area (Å²) in [5.74, 6) is 1.21. The van der Waals surface area contributed by atoms with E-state index < -0.39 is 10.0 Å². The van der Waals surface area contributed by atoms with E-state index in [2.05, 4.69) is 16.5 Å². The quantitative estimate of drug-likeness (QED) is 0.881. The summed E-state index contributed by atoms with van der Waals surface area (Å²) in [4.78, 5) is 2.35. The standard InChI is InChI=1S/C15H24N2O4S/c1-10-6-13(20-4)14(21-5)7-15(10)22(18,19)16-12-9-17(3)8-11(12)2/h6-7,11-12,16H,8-9H2,1-5H3/t11-,12+/m1/s1. The molecule has 1 saturated heterocycles. The van der Waals surface area contributed by atoms with E-state index in [-0.39, 0.29) is 16.9 Å². The molecule has 124 valence electrons. The molecule has 0 spiro atoms. The third-order valence-electron chi connectivity index (χ3n) is 4.07. The molecule has 0 aromatic heterocycles. The Balaban J connectivity index is 2.33. The normalized spacial score (nSPS) is 22.8. The molecule has 0 radical (unpaired) electrons. The van der Waals surface area contributed by atoms with Crippen LogP contribution in [-0.2, 0) is 10.0 Å². The molecule has 2 atom stereocenters. The molecule has 1 fully saturated rings. The highest BCUT2D eigenvalue weighted by Crippen LogP contribution is 2.32.